The largest absolute Gasteiger partial charge is 0.312 e. The van der Waals surface area contributed by atoms with Gasteiger partial charge in [0.2, 0.25) is 0 Å². The second-order valence-electron chi connectivity index (χ2n) is 13.7. The Balaban J connectivity index is 1.21. The molecule has 8 aromatic rings. The minimum Gasteiger partial charge on any atom is -0.312 e. The number of benzene rings is 6. The van der Waals surface area contributed by atoms with Gasteiger partial charge in [-0.25, -0.2) is 9.97 Å². The molecule has 0 saturated carbocycles. The molecule has 3 heterocycles. The lowest BCUT2D eigenvalue weighted by Crippen LogP contribution is -2.30. The zero-order valence-electron chi connectivity index (χ0n) is 27.8. The number of hydrogen-bond acceptors (Lipinski definition) is 2. The molecule has 0 saturated heterocycles. The van der Waals surface area contributed by atoms with Crippen LogP contribution < -0.4 is 0 Å². The van der Waals surface area contributed by atoms with Crippen LogP contribution in [0.15, 0.2) is 175 Å². The molecule has 1 atom stereocenters. The number of para-hydroxylation sites is 2. The Labute approximate surface area is 296 Å². The summed E-state index contributed by atoms with van der Waals surface area (Å²) in [6.45, 7) is 0. The highest BCUT2D eigenvalue weighted by Crippen LogP contribution is 2.60. The van der Waals surface area contributed by atoms with Crippen molar-refractivity contribution < 1.29 is 0 Å². The number of rotatable bonds is 3. The minimum absolute atomic E-state index is 0.510. The van der Waals surface area contributed by atoms with E-state index in [0.29, 0.717) is 0 Å². The van der Waals surface area contributed by atoms with Crippen LogP contribution in [0.2, 0.25) is 0 Å². The van der Waals surface area contributed by atoms with Gasteiger partial charge in [0.25, 0.3) is 0 Å². The maximum atomic E-state index is 5.25. The van der Waals surface area contributed by atoms with Crippen LogP contribution in [0.4, 0.5) is 0 Å². The summed E-state index contributed by atoms with van der Waals surface area (Å²) in [5, 5.41) is 1.29. The van der Waals surface area contributed by atoms with E-state index in [9.17, 15) is 0 Å². The van der Waals surface area contributed by atoms with E-state index in [1.807, 2.05) is 12.1 Å². The van der Waals surface area contributed by atoms with Crippen molar-refractivity contribution in [1.29, 1.82) is 0 Å². The molecule has 2 bridgehead atoms. The fraction of sp³-hybridized carbons (Fsp3) is 0.0417. The van der Waals surface area contributed by atoms with E-state index in [4.69, 9.17) is 9.97 Å². The number of allylic oxidation sites excluding steroid dienone is 3. The Morgan fingerprint density at radius 3 is 1.96 bits per heavy atom. The normalized spacial score (nSPS) is 16.3. The maximum absolute atomic E-state index is 5.25. The summed E-state index contributed by atoms with van der Waals surface area (Å²) < 4.78 is 2.53. The van der Waals surface area contributed by atoms with Crippen molar-refractivity contribution in [2.45, 2.75) is 11.8 Å². The lowest BCUT2D eigenvalue weighted by molar-refractivity contribution is 0.730. The summed E-state index contributed by atoms with van der Waals surface area (Å²) in [6.07, 6.45) is 7.81. The molecule has 2 aliphatic carbocycles. The second-order valence-corrected chi connectivity index (χ2v) is 13.7. The highest BCUT2D eigenvalue weighted by molar-refractivity contribution is 5.96. The number of fused-ring (bicyclic) bond motifs is 13. The molecule has 1 spiro atoms. The molecule has 1 aliphatic heterocycles. The fourth-order valence-electron chi connectivity index (χ4n) is 9.01. The first kappa shape index (κ1) is 28.3. The summed E-state index contributed by atoms with van der Waals surface area (Å²) in [4.78, 5) is 10.5. The molecule has 0 N–H and O–H groups in total. The van der Waals surface area contributed by atoms with Gasteiger partial charge in [-0.05, 0) is 57.7 Å². The first-order chi connectivity index (χ1) is 25.3. The SMILES string of the molecule is C1=Cc2c3n(c4ccccc24)-c2ccccc2C2(C(=C1)C3)c1ccccc1-c1ccc(-c3nc(-c4ccccc4)cc(-c4ccccc4)n3)cc12. The average Bonchev–Trinajstić information content (AvgIpc) is 3.49. The monoisotopic (exact) mass is 649 g/mol. The van der Waals surface area contributed by atoms with Gasteiger partial charge < -0.3 is 4.57 Å². The molecule has 0 radical (unpaired) electrons. The molecule has 3 aliphatic rings. The van der Waals surface area contributed by atoms with Crippen molar-refractivity contribution in [2.24, 2.45) is 0 Å². The van der Waals surface area contributed by atoms with Crippen LogP contribution in [0.1, 0.15) is 27.9 Å². The zero-order valence-corrected chi connectivity index (χ0v) is 27.8. The van der Waals surface area contributed by atoms with Gasteiger partial charge in [0.05, 0.1) is 28.0 Å². The van der Waals surface area contributed by atoms with Crippen molar-refractivity contribution >= 4 is 17.0 Å². The highest BCUT2D eigenvalue weighted by atomic mass is 15.0. The summed E-state index contributed by atoms with van der Waals surface area (Å²) in [7, 11) is 0. The van der Waals surface area contributed by atoms with Gasteiger partial charge in [-0.2, -0.15) is 0 Å². The Kier molecular flexibility index (Phi) is 5.94. The topological polar surface area (TPSA) is 30.7 Å². The van der Waals surface area contributed by atoms with Crippen LogP contribution in [0.3, 0.4) is 0 Å². The number of aromatic nitrogens is 3. The molecule has 6 aromatic carbocycles. The van der Waals surface area contributed by atoms with E-state index in [0.717, 1.165) is 40.3 Å². The Morgan fingerprint density at radius 2 is 1.18 bits per heavy atom. The third-order valence-electron chi connectivity index (χ3n) is 11.1. The smallest absolute Gasteiger partial charge is 0.160 e. The molecule has 51 heavy (non-hydrogen) atoms. The third-order valence-corrected chi connectivity index (χ3v) is 11.1. The number of hydrogen-bond donors (Lipinski definition) is 0. The lowest BCUT2D eigenvalue weighted by Gasteiger charge is -2.35. The third kappa shape index (κ3) is 3.94. The van der Waals surface area contributed by atoms with E-state index < -0.39 is 5.41 Å². The standard InChI is InChI=1S/C48H31N3/c1-3-14-31(15-4-1)42-30-43(32-16-5-2-6-17-32)50-47(49-42)33-26-27-36-35-19-7-9-22-39(35)48(41(36)28-33)34-18-13-21-38-37-20-8-11-24-44(37)51(46(38)29-34)45-25-12-10-23-40(45)48/h1-28,30H,29H2. The molecule has 0 fully saturated rings. The van der Waals surface area contributed by atoms with Crippen molar-refractivity contribution in [1.82, 2.24) is 14.5 Å². The molecule has 1 unspecified atom stereocenters. The first-order valence-electron chi connectivity index (χ1n) is 17.6. The van der Waals surface area contributed by atoms with Gasteiger partial charge in [-0.3, -0.25) is 0 Å². The van der Waals surface area contributed by atoms with Crippen LogP contribution >= 0.6 is 0 Å². The predicted octanol–water partition coefficient (Wildman–Crippen LogP) is 11.2. The van der Waals surface area contributed by atoms with Crippen LogP contribution in [0.5, 0.6) is 0 Å². The van der Waals surface area contributed by atoms with Crippen LogP contribution in [0.25, 0.3) is 67.7 Å². The van der Waals surface area contributed by atoms with Gasteiger partial charge in [0, 0.05) is 39.8 Å². The molecule has 3 heteroatoms. The summed E-state index contributed by atoms with van der Waals surface area (Å²) in [5.74, 6) is 0.723. The maximum Gasteiger partial charge on any atom is 0.160 e. The minimum atomic E-state index is -0.510. The summed E-state index contributed by atoms with van der Waals surface area (Å²) >= 11 is 0. The summed E-state index contributed by atoms with van der Waals surface area (Å²) in [5.41, 5.74) is 17.4. The van der Waals surface area contributed by atoms with Gasteiger partial charge in [0.15, 0.2) is 5.82 Å². The molecular formula is C48H31N3. The van der Waals surface area contributed by atoms with E-state index in [2.05, 4.69) is 168 Å². The zero-order chi connectivity index (χ0) is 33.5. The Morgan fingerprint density at radius 1 is 0.529 bits per heavy atom. The van der Waals surface area contributed by atoms with E-state index in [-0.39, 0.29) is 0 Å². The average molecular weight is 650 g/mol. The van der Waals surface area contributed by atoms with Crippen molar-refractivity contribution in [3.8, 4) is 50.7 Å². The lowest BCUT2D eigenvalue weighted by atomic mass is 9.66. The summed E-state index contributed by atoms with van der Waals surface area (Å²) in [6, 6.07) is 56.8. The molecule has 11 rings (SSSR count). The molecule has 238 valence electrons. The van der Waals surface area contributed by atoms with Gasteiger partial charge in [-0.15, -0.1) is 0 Å². The number of nitrogens with zero attached hydrogens (tertiary/aromatic N) is 3. The van der Waals surface area contributed by atoms with Gasteiger partial charge in [0.1, 0.15) is 0 Å². The van der Waals surface area contributed by atoms with Crippen molar-refractivity contribution in [3.63, 3.8) is 0 Å². The molecule has 0 amide bonds. The molecular weight excluding hydrogens is 619 g/mol. The predicted molar refractivity (Wildman–Crippen MR) is 208 cm³/mol. The van der Waals surface area contributed by atoms with Crippen LogP contribution in [-0.4, -0.2) is 14.5 Å². The quantitative estimate of drug-likeness (QED) is 0.191. The fourth-order valence-corrected chi connectivity index (χ4v) is 9.01. The van der Waals surface area contributed by atoms with E-state index in [1.54, 1.807) is 0 Å². The van der Waals surface area contributed by atoms with Gasteiger partial charge in [-0.1, -0.05) is 152 Å². The first-order valence-corrected chi connectivity index (χ1v) is 17.6. The molecule has 2 aromatic heterocycles. The second kappa shape index (κ2) is 10.7. The van der Waals surface area contributed by atoms with E-state index >= 15 is 0 Å². The Hall–Kier alpha value is -6.58. The van der Waals surface area contributed by atoms with Crippen LogP contribution in [-0.2, 0) is 11.8 Å². The van der Waals surface area contributed by atoms with E-state index in [1.165, 1.54) is 61.2 Å². The van der Waals surface area contributed by atoms with Crippen molar-refractivity contribution in [3.05, 3.63) is 203 Å². The van der Waals surface area contributed by atoms with Crippen LogP contribution in [0, 0.1) is 0 Å². The van der Waals surface area contributed by atoms with Gasteiger partial charge >= 0.3 is 0 Å². The Bertz CT molecular complexity index is 2710. The van der Waals surface area contributed by atoms with Crippen molar-refractivity contribution in [2.75, 3.05) is 0 Å². The highest BCUT2D eigenvalue weighted by Gasteiger charge is 2.50. The molecule has 3 nitrogen and oxygen atoms in total.